The highest BCUT2D eigenvalue weighted by Crippen LogP contribution is 2.34. The summed E-state index contributed by atoms with van der Waals surface area (Å²) in [5.74, 6) is -0.294. The van der Waals surface area contributed by atoms with Crippen molar-refractivity contribution in [2.45, 2.75) is 24.9 Å². The molecule has 1 fully saturated rings. The number of rotatable bonds is 2. The lowest BCUT2D eigenvalue weighted by atomic mass is 9.96. The molecule has 2 heterocycles. The molecule has 0 N–H and O–H groups in total. The van der Waals surface area contributed by atoms with E-state index in [0.717, 1.165) is 0 Å². The fourth-order valence-electron chi connectivity index (χ4n) is 2.02. The summed E-state index contributed by atoms with van der Waals surface area (Å²) in [6.07, 6.45) is -0.741. The van der Waals surface area contributed by atoms with Crippen molar-refractivity contribution in [3.63, 3.8) is 0 Å². The summed E-state index contributed by atoms with van der Waals surface area (Å²) in [5.41, 5.74) is 0.658. The molecule has 0 radical (unpaired) electrons. The number of anilines is 1. The fraction of sp³-hybridized carbons (Fsp3) is 0.636. The molecule has 0 unspecified atom stereocenters. The van der Waals surface area contributed by atoms with Crippen LogP contribution < -0.4 is 4.90 Å². The smallest absolute Gasteiger partial charge is 0.355 e. The van der Waals surface area contributed by atoms with Crippen molar-refractivity contribution in [2.24, 2.45) is 5.92 Å². The standard InChI is InChI=1S/C11H13ClF3N3/c12-5-9-6-17-10(7-16-9)18-3-1-8(2-4-18)11(13,14)15/h6-8H,1-5H2. The number of alkyl halides is 4. The molecule has 7 heteroatoms. The summed E-state index contributed by atoms with van der Waals surface area (Å²) in [5, 5.41) is 0. The highest BCUT2D eigenvalue weighted by Gasteiger charge is 2.41. The van der Waals surface area contributed by atoms with Gasteiger partial charge in [-0.15, -0.1) is 11.6 Å². The van der Waals surface area contributed by atoms with Crippen LogP contribution in [0.25, 0.3) is 0 Å². The molecule has 0 saturated carbocycles. The van der Waals surface area contributed by atoms with Gasteiger partial charge in [-0.25, -0.2) is 4.98 Å². The lowest BCUT2D eigenvalue weighted by Crippen LogP contribution is -2.39. The van der Waals surface area contributed by atoms with E-state index in [1.807, 2.05) is 4.90 Å². The Bertz CT molecular complexity index is 386. The Morgan fingerprint density at radius 2 is 1.89 bits per heavy atom. The van der Waals surface area contributed by atoms with Gasteiger partial charge < -0.3 is 4.90 Å². The SMILES string of the molecule is FC(F)(F)C1CCN(c2cnc(CCl)cn2)CC1. The summed E-state index contributed by atoms with van der Waals surface area (Å²) < 4.78 is 37.5. The molecule has 1 aliphatic rings. The Morgan fingerprint density at radius 3 is 2.33 bits per heavy atom. The molecule has 2 rings (SSSR count). The third-order valence-electron chi connectivity index (χ3n) is 3.11. The molecule has 0 aromatic carbocycles. The van der Waals surface area contributed by atoms with E-state index in [9.17, 15) is 13.2 Å². The molecule has 3 nitrogen and oxygen atoms in total. The zero-order chi connectivity index (χ0) is 13.2. The van der Waals surface area contributed by atoms with E-state index in [0.29, 0.717) is 24.6 Å². The van der Waals surface area contributed by atoms with Gasteiger partial charge in [0.25, 0.3) is 0 Å². The molecule has 1 aromatic heterocycles. The topological polar surface area (TPSA) is 29.0 Å². The van der Waals surface area contributed by atoms with Crippen molar-refractivity contribution in [2.75, 3.05) is 18.0 Å². The van der Waals surface area contributed by atoms with Crippen molar-refractivity contribution in [3.05, 3.63) is 18.1 Å². The second kappa shape index (κ2) is 5.30. The number of halogens is 4. The first-order valence-corrected chi connectivity index (χ1v) is 6.22. The van der Waals surface area contributed by atoms with Gasteiger partial charge in [-0.3, -0.25) is 4.98 Å². The van der Waals surface area contributed by atoms with E-state index < -0.39 is 12.1 Å². The Morgan fingerprint density at radius 1 is 1.22 bits per heavy atom. The maximum atomic E-state index is 12.5. The summed E-state index contributed by atoms with van der Waals surface area (Å²) in [6, 6.07) is 0. The van der Waals surface area contributed by atoms with Crippen molar-refractivity contribution < 1.29 is 13.2 Å². The van der Waals surface area contributed by atoms with Gasteiger partial charge in [0.05, 0.1) is 29.9 Å². The molecular formula is C11H13ClF3N3. The molecule has 0 amide bonds. The maximum absolute atomic E-state index is 12.5. The van der Waals surface area contributed by atoms with Gasteiger partial charge >= 0.3 is 6.18 Å². The van der Waals surface area contributed by atoms with Gasteiger partial charge in [0.15, 0.2) is 0 Å². The van der Waals surface area contributed by atoms with E-state index in [4.69, 9.17) is 11.6 Å². The average molecular weight is 280 g/mol. The van der Waals surface area contributed by atoms with Gasteiger partial charge in [0, 0.05) is 13.1 Å². The number of aromatic nitrogens is 2. The van der Waals surface area contributed by atoms with E-state index in [2.05, 4.69) is 9.97 Å². The Labute approximate surface area is 108 Å². The van der Waals surface area contributed by atoms with Crippen molar-refractivity contribution >= 4 is 17.4 Å². The number of hydrogen-bond acceptors (Lipinski definition) is 3. The summed E-state index contributed by atoms with van der Waals surface area (Å²) in [7, 11) is 0. The third-order valence-corrected chi connectivity index (χ3v) is 3.38. The van der Waals surface area contributed by atoms with Crippen molar-refractivity contribution in [1.29, 1.82) is 0 Å². The van der Waals surface area contributed by atoms with Crippen LogP contribution in [0.3, 0.4) is 0 Å². The first-order valence-electron chi connectivity index (χ1n) is 5.69. The van der Waals surface area contributed by atoms with E-state index in [1.165, 1.54) is 0 Å². The van der Waals surface area contributed by atoms with Crippen LogP contribution in [0, 0.1) is 5.92 Å². The van der Waals surface area contributed by atoms with Crippen LogP contribution in [0.15, 0.2) is 12.4 Å². The Balaban J connectivity index is 1.96. The highest BCUT2D eigenvalue weighted by atomic mass is 35.5. The first-order chi connectivity index (χ1) is 8.50. The third kappa shape index (κ3) is 3.04. The minimum Gasteiger partial charge on any atom is -0.355 e. The molecule has 1 aliphatic heterocycles. The molecule has 0 aliphatic carbocycles. The van der Waals surface area contributed by atoms with Gasteiger partial charge in [-0.1, -0.05) is 0 Å². The summed E-state index contributed by atoms with van der Waals surface area (Å²) in [6.45, 7) is 0.720. The number of nitrogens with zero attached hydrogens (tertiary/aromatic N) is 3. The number of piperidine rings is 1. The molecular weight excluding hydrogens is 267 g/mol. The largest absolute Gasteiger partial charge is 0.391 e. The zero-order valence-corrected chi connectivity index (χ0v) is 10.4. The molecule has 1 saturated heterocycles. The van der Waals surface area contributed by atoms with Crippen LogP contribution in [0.5, 0.6) is 0 Å². The van der Waals surface area contributed by atoms with Gasteiger partial charge in [-0.05, 0) is 12.8 Å². The highest BCUT2D eigenvalue weighted by molar-refractivity contribution is 6.16. The molecule has 0 atom stereocenters. The van der Waals surface area contributed by atoms with Gasteiger partial charge in [0.1, 0.15) is 5.82 Å². The minimum absolute atomic E-state index is 0.114. The molecule has 1 aromatic rings. The Kier molecular flexibility index (Phi) is 3.94. The lowest BCUT2D eigenvalue weighted by molar-refractivity contribution is -0.179. The lowest BCUT2D eigenvalue weighted by Gasteiger charge is -2.33. The van der Waals surface area contributed by atoms with Crippen molar-refractivity contribution in [3.8, 4) is 0 Å². The minimum atomic E-state index is -4.08. The maximum Gasteiger partial charge on any atom is 0.391 e. The fourth-order valence-corrected chi connectivity index (χ4v) is 2.15. The van der Waals surface area contributed by atoms with Crippen LogP contribution in [0.1, 0.15) is 18.5 Å². The predicted octanol–water partition coefficient (Wildman–Crippen LogP) is 2.99. The first kappa shape index (κ1) is 13.4. The second-order valence-electron chi connectivity index (χ2n) is 4.30. The molecule has 18 heavy (non-hydrogen) atoms. The molecule has 0 bridgehead atoms. The second-order valence-corrected chi connectivity index (χ2v) is 4.57. The van der Waals surface area contributed by atoms with Crippen LogP contribution in [-0.4, -0.2) is 29.2 Å². The molecule has 0 spiro atoms. The van der Waals surface area contributed by atoms with Crippen LogP contribution >= 0.6 is 11.6 Å². The normalized spacial score (nSPS) is 18.1. The predicted molar refractivity (Wildman–Crippen MR) is 62.6 cm³/mol. The van der Waals surface area contributed by atoms with E-state index in [-0.39, 0.29) is 18.7 Å². The average Bonchev–Trinajstić information content (AvgIpc) is 2.38. The van der Waals surface area contributed by atoms with E-state index in [1.54, 1.807) is 12.4 Å². The summed E-state index contributed by atoms with van der Waals surface area (Å²) >= 11 is 5.59. The quantitative estimate of drug-likeness (QED) is 0.779. The summed E-state index contributed by atoms with van der Waals surface area (Å²) in [4.78, 5) is 10.1. The molecule has 100 valence electrons. The van der Waals surface area contributed by atoms with Crippen molar-refractivity contribution in [1.82, 2.24) is 9.97 Å². The number of hydrogen-bond donors (Lipinski definition) is 0. The zero-order valence-electron chi connectivity index (χ0n) is 9.62. The van der Waals surface area contributed by atoms with E-state index >= 15 is 0 Å². The monoisotopic (exact) mass is 279 g/mol. The van der Waals surface area contributed by atoms with Crippen LogP contribution in [-0.2, 0) is 5.88 Å². The Hall–Kier alpha value is -1.04. The van der Waals surface area contributed by atoms with Crippen LogP contribution in [0.4, 0.5) is 19.0 Å². The van der Waals surface area contributed by atoms with Crippen LogP contribution in [0.2, 0.25) is 0 Å². The van der Waals surface area contributed by atoms with Gasteiger partial charge in [-0.2, -0.15) is 13.2 Å². The van der Waals surface area contributed by atoms with Gasteiger partial charge in [0.2, 0.25) is 0 Å².